The second-order valence-corrected chi connectivity index (χ2v) is 3.46. The van der Waals surface area contributed by atoms with E-state index in [1.54, 1.807) is 0 Å². The maximum Gasteiger partial charge on any atom is 0.119 e. The van der Waals surface area contributed by atoms with Crippen molar-refractivity contribution in [1.82, 2.24) is 5.32 Å². The minimum atomic E-state index is 0.0924. The van der Waals surface area contributed by atoms with Crippen molar-refractivity contribution in [3.8, 4) is 18.1 Å². The zero-order valence-electron chi connectivity index (χ0n) is 9.29. The van der Waals surface area contributed by atoms with Crippen LogP contribution in [0, 0.1) is 19.3 Å². The third-order valence-electron chi connectivity index (χ3n) is 2.21. The average Bonchev–Trinajstić information content (AvgIpc) is 2.25. The van der Waals surface area contributed by atoms with Crippen molar-refractivity contribution < 1.29 is 4.74 Å². The lowest BCUT2D eigenvalue weighted by Gasteiger charge is -2.10. The molecule has 1 unspecified atom stereocenters. The van der Waals surface area contributed by atoms with Crippen LogP contribution in [0.1, 0.15) is 12.0 Å². The highest BCUT2D eigenvalue weighted by Crippen LogP contribution is 2.12. The fourth-order valence-corrected chi connectivity index (χ4v) is 1.31. The minimum absolute atomic E-state index is 0.0924. The Morgan fingerprint density at radius 1 is 1.53 bits per heavy atom. The number of nitrogens with one attached hydrogen (secondary N) is 1. The summed E-state index contributed by atoms with van der Waals surface area (Å²) in [6.45, 7) is 2.68. The second-order valence-electron chi connectivity index (χ2n) is 3.46. The molecule has 1 aromatic carbocycles. The van der Waals surface area contributed by atoms with Crippen LogP contribution in [0.4, 0.5) is 0 Å². The van der Waals surface area contributed by atoms with Gasteiger partial charge in [-0.3, -0.25) is 0 Å². The minimum Gasteiger partial charge on any atom is -0.493 e. The molecule has 15 heavy (non-hydrogen) atoms. The van der Waals surface area contributed by atoms with E-state index in [4.69, 9.17) is 11.2 Å². The van der Waals surface area contributed by atoms with Gasteiger partial charge >= 0.3 is 0 Å². The molecule has 0 aliphatic heterocycles. The van der Waals surface area contributed by atoms with Crippen molar-refractivity contribution in [2.24, 2.45) is 0 Å². The molecule has 0 amide bonds. The molecule has 2 heteroatoms. The van der Waals surface area contributed by atoms with Crippen molar-refractivity contribution in [3.05, 3.63) is 29.8 Å². The number of rotatable bonds is 5. The summed E-state index contributed by atoms with van der Waals surface area (Å²) in [6, 6.07) is 8.10. The molecule has 1 atom stereocenters. The lowest BCUT2D eigenvalue weighted by molar-refractivity contribution is 0.300. The maximum atomic E-state index is 5.59. The van der Waals surface area contributed by atoms with Crippen LogP contribution >= 0.6 is 0 Å². The molecular weight excluding hydrogens is 186 g/mol. The van der Waals surface area contributed by atoms with Gasteiger partial charge in [0.15, 0.2) is 0 Å². The summed E-state index contributed by atoms with van der Waals surface area (Å²) < 4.78 is 5.59. The van der Waals surface area contributed by atoms with Crippen molar-refractivity contribution in [2.75, 3.05) is 13.7 Å². The van der Waals surface area contributed by atoms with Gasteiger partial charge in [0, 0.05) is 6.42 Å². The van der Waals surface area contributed by atoms with Gasteiger partial charge in [0.25, 0.3) is 0 Å². The van der Waals surface area contributed by atoms with Crippen molar-refractivity contribution in [1.29, 1.82) is 0 Å². The van der Waals surface area contributed by atoms with Gasteiger partial charge in [-0.05, 0) is 31.7 Å². The van der Waals surface area contributed by atoms with E-state index in [1.807, 2.05) is 38.2 Å². The molecule has 1 aromatic rings. The number of hydrogen-bond acceptors (Lipinski definition) is 2. The Hall–Kier alpha value is -1.46. The summed E-state index contributed by atoms with van der Waals surface area (Å²) >= 11 is 0. The highest BCUT2D eigenvalue weighted by atomic mass is 16.5. The van der Waals surface area contributed by atoms with Crippen LogP contribution in [0.25, 0.3) is 0 Å². The molecule has 0 bridgehead atoms. The van der Waals surface area contributed by atoms with E-state index in [0.29, 0.717) is 6.61 Å². The first-order chi connectivity index (χ1) is 7.26. The van der Waals surface area contributed by atoms with Gasteiger partial charge in [-0.2, -0.15) is 0 Å². The summed E-state index contributed by atoms with van der Waals surface area (Å²) in [4.78, 5) is 0. The predicted octanol–water partition coefficient (Wildman–Crippen LogP) is 1.99. The van der Waals surface area contributed by atoms with E-state index >= 15 is 0 Å². The first-order valence-corrected chi connectivity index (χ1v) is 5.09. The lowest BCUT2D eigenvalue weighted by atomic mass is 10.2. The Bertz CT molecular complexity index is 341. The van der Waals surface area contributed by atoms with Crippen LogP contribution in [0.2, 0.25) is 0 Å². The van der Waals surface area contributed by atoms with E-state index in [-0.39, 0.29) is 6.04 Å². The Labute approximate surface area is 91.6 Å². The van der Waals surface area contributed by atoms with Crippen molar-refractivity contribution in [2.45, 2.75) is 19.4 Å². The van der Waals surface area contributed by atoms with Gasteiger partial charge in [0.05, 0.1) is 12.6 Å². The molecule has 0 fully saturated rings. The number of terminal acetylenes is 1. The van der Waals surface area contributed by atoms with Crippen molar-refractivity contribution >= 4 is 0 Å². The second kappa shape index (κ2) is 6.10. The van der Waals surface area contributed by atoms with Crippen LogP contribution in [-0.4, -0.2) is 19.7 Å². The fourth-order valence-electron chi connectivity index (χ4n) is 1.31. The van der Waals surface area contributed by atoms with Crippen LogP contribution < -0.4 is 10.1 Å². The summed E-state index contributed by atoms with van der Waals surface area (Å²) in [5.74, 6) is 3.56. The molecule has 1 rings (SSSR count). The van der Waals surface area contributed by atoms with E-state index in [1.165, 1.54) is 5.56 Å². The topological polar surface area (TPSA) is 21.3 Å². The Morgan fingerprint density at radius 2 is 2.33 bits per heavy atom. The zero-order valence-corrected chi connectivity index (χ0v) is 9.29. The van der Waals surface area contributed by atoms with Crippen LogP contribution in [0.5, 0.6) is 5.75 Å². The summed E-state index contributed by atoms with van der Waals surface area (Å²) in [6.07, 6.45) is 6.14. The van der Waals surface area contributed by atoms with Crippen LogP contribution in [0.15, 0.2) is 24.3 Å². The molecule has 0 aliphatic carbocycles. The number of aryl methyl sites for hydroxylation is 1. The Morgan fingerprint density at radius 3 is 2.93 bits per heavy atom. The summed E-state index contributed by atoms with van der Waals surface area (Å²) in [5.41, 5.74) is 1.20. The quantitative estimate of drug-likeness (QED) is 0.739. The average molecular weight is 203 g/mol. The predicted molar refractivity (Wildman–Crippen MR) is 63.0 cm³/mol. The monoisotopic (exact) mass is 203 g/mol. The van der Waals surface area contributed by atoms with E-state index < -0.39 is 0 Å². The molecule has 0 radical (unpaired) electrons. The number of hydrogen-bond donors (Lipinski definition) is 1. The van der Waals surface area contributed by atoms with E-state index in [0.717, 1.165) is 12.2 Å². The highest BCUT2D eigenvalue weighted by Gasteiger charge is 2.01. The normalized spacial score (nSPS) is 11.8. The van der Waals surface area contributed by atoms with Crippen LogP contribution in [-0.2, 0) is 0 Å². The van der Waals surface area contributed by atoms with Crippen molar-refractivity contribution in [3.63, 3.8) is 0 Å². The molecule has 0 saturated heterocycles. The molecule has 0 saturated carbocycles. The fraction of sp³-hybridized carbons (Fsp3) is 0.385. The molecule has 0 spiro atoms. The van der Waals surface area contributed by atoms with Gasteiger partial charge in [-0.25, -0.2) is 0 Å². The molecule has 0 aromatic heterocycles. The van der Waals surface area contributed by atoms with Gasteiger partial charge < -0.3 is 10.1 Å². The molecule has 1 N–H and O–H groups in total. The van der Waals surface area contributed by atoms with Crippen LogP contribution in [0.3, 0.4) is 0 Å². The molecule has 2 nitrogen and oxygen atoms in total. The zero-order chi connectivity index (χ0) is 11.1. The summed E-state index contributed by atoms with van der Waals surface area (Å²) in [7, 11) is 1.86. The molecule has 0 aliphatic rings. The molecule has 80 valence electrons. The SMILES string of the molecule is C#CC(CCOc1cccc(C)c1)NC. The molecular formula is C13H17NO. The lowest BCUT2D eigenvalue weighted by Crippen LogP contribution is -2.25. The first-order valence-electron chi connectivity index (χ1n) is 5.09. The number of benzene rings is 1. The Kier molecular flexibility index (Phi) is 4.73. The largest absolute Gasteiger partial charge is 0.493 e. The smallest absolute Gasteiger partial charge is 0.119 e. The standard InChI is InChI=1S/C13H17NO/c1-4-12(14-3)8-9-15-13-7-5-6-11(2)10-13/h1,5-7,10,12,14H,8-9H2,2-3H3. The third kappa shape index (κ3) is 4.05. The van der Waals surface area contributed by atoms with Gasteiger partial charge in [0.2, 0.25) is 0 Å². The third-order valence-corrected chi connectivity index (χ3v) is 2.21. The number of ether oxygens (including phenoxy) is 1. The van der Waals surface area contributed by atoms with E-state index in [2.05, 4.69) is 11.2 Å². The Balaban J connectivity index is 2.35. The van der Waals surface area contributed by atoms with Gasteiger partial charge in [0.1, 0.15) is 5.75 Å². The van der Waals surface area contributed by atoms with Gasteiger partial charge in [-0.15, -0.1) is 6.42 Å². The highest BCUT2D eigenvalue weighted by molar-refractivity contribution is 5.27. The van der Waals surface area contributed by atoms with Gasteiger partial charge in [-0.1, -0.05) is 18.1 Å². The van der Waals surface area contributed by atoms with E-state index in [9.17, 15) is 0 Å². The first kappa shape index (κ1) is 11.6. The summed E-state index contributed by atoms with van der Waals surface area (Å²) in [5, 5.41) is 3.03. The molecule has 0 heterocycles. The maximum absolute atomic E-state index is 5.59.